The molecule has 2 aliphatic rings. The van der Waals surface area contributed by atoms with Crippen LogP contribution in [0.15, 0.2) is 24.3 Å². The molecule has 0 amide bonds. The van der Waals surface area contributed by atoms with Gasteiger partial charge in [0, 0.05) is 6.42 Å². The van der Waals surface area contributed by atoms with Crippen LogP contribution in [0.1, 0.15) is 61.0 Å². The maximum absolute atomic E-state index is 14.5. The minimum absolute atomic E-state index is 0.163. The number of rotatable bonds is 8. The number of hydrogen-bond acceptors (Lipinski definition) is 9. The van der Waals surface area contributed by atoms with Crippen molar-refractivity contribution in [2.24, 2.45) is 0 Å². The first-order valence-electron chi connectivity index (χ1n) is 12.9. The third-order valence-corrected chi connectivity index (χ3v) is 7.15. The topological polar surface area (TPSA) is 133 Å². The van der Waals surface area contributed by atoms with E-state index >= 15 is 0 Å². The minimum Gasteiger partial charge on any atom is -0.443 e. The molecule has 0 spiro atoms. The van der Waals surface area contributed by atoms with E-state index in [0.29, 0.717) is 18.4 Å². The number of carbonyl (C=O) groups is 1. The Morgan fingerprint density at radius 2 is 1.72 bits per heavy atom. The van der Waals surface area contributed by atoms with E-state index in [-0.39, 0.29) is 12.0 Å². The molecule has 4 rings (SSSR count). The van der Waals surface area contributed by atoms with Crippen LogP contribution in [0, 0.1) is 0 Å². The highest BCUT2D eigenvalue weighted by molar-refractivity contribution is 5.59. The van der Waals surface area contributed by atoms with Crippen molar-refractivity contribution in [3.8, 4) is 5.88 Å². The predicted molar refractivity (Wildman–Crippen MR) is 129 cm³/mol. The molecule has 1 saturated heterocycles. The van der Waals surface area contributed by atoms with Crippen LogP contribution in [0.5, 0.6) is 5.88 Å². The van der Waals surface area contributed by atoms with Gasteiger partial charge in [-0.25, -0.2) is 4.79 Å². The molecule has 2 heterocycles. The Hall–Kier alpha value is -2.87. The molecule has 5 atom stereocenters. The largest absolute Gasteiger partial charge is 0.508 e. The Balaban J connectivity index is 1.70. The quantitative estimate of drug-likeness (QED) is 0.418. The maximum Gasteiger partial charge on any atom is 0.508 e. The lowest BCUT2D eigenvalue weighted by atomic mass is 9.99. The summed E-state index contributed by atoms with van der Waals surface area (Å²) >= 11 is 0. The summed E-state index contributed by atoms with van der Waals surface area (Å²) in [6.07, 6.45) is -11.0. The van der Waals surface area contributed by atoms with Gasteiger partial charge >= 0.3 is 12.3 Å². The van der Waals surface area contributed by atoms with Crippen molar-refractivity contribution in [2.45, 2.75) is 88.4 Å². The van der Waals surface area contributed by atoms with Gasteiger partial charge in [-0.1, -0.05) is 44.0 Å². The minimum atomic E-state index is -4.76. The SMILES string of the molecule is CCc1ccc(Cc2c(OC3OC(COC(=O)OC)C(O)C(O)C3O)nn(C3CCCC3)c2C(F)(F)F)cc1. The van der Waals surface area contributed by atoms with E-state index in [1.165, 1.54) is 0 Å². The number of methoxy groups -OCH3 is 1. The Morgan fingerprint density at radius 3 is 2.31 bits per heavy atom. The number of nitrogens with zero attached hydrogens (tertiary/aromatic N) is 2. The third-order valence-electron chi connectivity index (χ3n) is 7.15. The Morgan fingerprint density at radius 1 is 1.08 bits per heavy atom. The fourth-order valence-electron chi connectivity index (χ4n) is 4.98. The molecule has 1 aliphatic carbocycles. The second kappa shape index (κ2) is 12.1. The molecule has 1 aliphatic heterocycles. The number of aryl methyl sites for hydroxylation is 1. The first kappa shape index (κ1) is 29.1. The molecule has 10 nitrogen and oxygen atoms in total. The van der Waals surface area contributed by atoms with Crippen LogP contribution < -0.4 is 4.74 Å². The van der Waals surface area contributed by atoms with Crippen molar-refractivity contribution in [3.05, 3.63) is 46.6 Å². The monoisotopic (exact) mass is 558 g/mol. The number of alkyl halides is 3. The van der Waals surface area contributed by atoms with Gasteiger partial charge in [-0.15, -0.1) is 5.10 Å². The van der Waals surface area contributed by atoms with Gasteiger partial charge < -0.3 is 34.3 Å². The summed E-state index contributed by atoms with van der Waals surface area (Å²) in [5.74, 6) is -0.408. The van der Waals surface area contributed by atoms with Gasteiger partial charge in [0.1, 0.15) is 36.7 Å². The number of ether oxygens (including phenoxy) is 4. The van der Waals surface area contributed by atoms with Crippen molar-refractivity contribution in [2.75, 3.05) is 13.7 Å². The molecular formula is C26H33F3N2O8. The number of aromatic nitrogens is 2. The van der Waals surface area contributed by atoms with Crippen LogP contribution in [0.25, 0.3) is 0 Å². The standard InChI is InChI=1S/C26H33F3N2O8/c1-3-14-8-10-15(11-9-14)12-17-22(26(27,28)29)31(16-6-4-5-7-16)30-23(17)39-24-21(34)20(33)19(32)18(38-24)13-37-25(35)36-2/h8-11,16,18-21,24,32-34H,3-7,12-13H2,1-2H3. The first-order valence-corrected chi connectivity index (χ1v) is 12.9. The summed E-state index contributed by atoms with van der Waals surface area (Å²) < 4.78 is 64.9. The van der Waals surface area contributed by atoms with Gasteiger partial charge in [-0.3, -0.25) is 4.68 Å². The molecule has 13 heteroatoms. The highest BCUT2D eigenvalue weighted by Gasteiger charge is 2.48. The van der Waals surface area contributed by atoms with Gasteiger partial charge in [0.05, 0.1) is 18.7 Å². The second-order valence-electron chi connectivity index (χ2n) is 9.76. The van der Waals surface area contributed by atoms with Gasteiger partial charge in [-0.2, -0.15) is 13.2 Å². The Kier molecular flexibility index (Phi) is 9.04. The highest BCUT2D eigenvalue weighted by Crippen LogP contribution is 2.42. The maximum atomic E-state index is 14.5. The Bertz CT molecular complexity index is 1120. The zero-order chi connectivity index (χ0) is 28.3. The number of aliphatic hydroxyl groups excluding tert-OH is 3. The lowest BCUT2D eigenvalue weighted by Crippen LogP contribution is -2.60. The van der Waals surface area contributed by atoms with Crippen LogP contribution in [-0.4, -0.2) is 75.7 Å². The van der Waals surface area contributed by atoms with E-state index in [2.05, 4.69) is 9.84 Å². The summed E-state index contributed by atoms with van der Waals surface area (Å²) in [4.78, 5) is 11.4. The molecule has 5 unspecified atom stereocenters. The molecule has 1 aromatic carbocycles. The summed E-state index contributed by atoms with van der Waals surface area (Å²) in [6.45, 7) is 1.40. The number of benzene rings is 1. The summed E-state index contributed by atoms with van der Waals surface area (Å²) in [6, 6.07) is 6.67. The van der Waals surface area contributed by atoms with Gasteiger partial charge in [-0.05, 0) is 30.4 Å². The molecule has 2 fully saturated rings. The van der Waals surface area contributed by atoms with E-state index < -0.39 is 67.3 Å². The molecule has 0 radical (unpaired) electrons. The molecule has 216 valence electrons. The van der Waals surface area contributed by atoms with E-state index in [9.17, 15) is 33.3 Å². The average Bonchev–Trinajstić information content (AvgIpc) is 3.57. The molecule has 2 aromatic rings. The smallest absolute Gasteiger partial charge is 0.443 e. The first-order chi connectivity index (χ1) is 18.5. The number of hydrogen-bond donors (Lipinski definition) is 3. The van der Waals surface area contributed by atoms with Gasteiger partial charge in [0.15, 0.2) is 0 Å². The third kappa shape index (κ3) is 6.48. The fourth-order valence-corrected chi connectivity index (χ4v) is 4.98. The van der Waals surface area contributed by atoms with Gasteiger partial charge in [0.25, 0.3) is 0 Å². The molecule has 0 bridgehead atoms. The molecule has 39 heavy (non-hydrogen) atoms. The van der Waals surface area contributed by atoms with E-state index in [1.54, 1.807) is 12.1 Å². The van der Waals surface area contributed by atoms with Crippen LogP contribution >= 0.6 is 0 Å². The summed E-state index contributed by atoms with van der Waals surface area (Å²) in [5, 5.41) is 35.4. The van der Waals surface area contributed by atoms with E-state index in [4.69, 9.17) is 14.2 Å². The number of aliphatic hydroxyl groups is 3. The Labute approximate surface area is 223 Å². The van der Waals surface area contributed by atoms with Crippen LogP contribution in [0.4, 0.5) is 18.0 Å². The fraction of sp³-hybridized carbons (Fsp3) is 0.615. The molecule has 3 N–H and O–H groups in total. The van der Waals surface area contributed by atoms with Crippen LogP contribution in [-0.2, 0) is 33.2 Å². The lowest BCUT2D eigenvalue weighted by molar-refractivity contribution is -0.278. The second-order valence-corrected chi connectivity index (χ2v) is 9.76. The highest BCUT2D eigenvalue weighted by atomic mass is 19.4. The van der Waals surface area contributed by atoms with Gasteiger partial charge in [0.2, 0.25) is 12.2 Å². The lowest BCUT2D eigenvalue weighted by Gasteiger charge is -2.39. The zero-order valence-electron chi connectivity index (χ0n) is 21.6. The van der Waals surface area contributed by atoms with Crippen LogP contribution in [0.3, 0.4) is 0 Å². The van der Waals surface area contributed by atoms with Crippen LogP contribution in [0.2, 0.25) is 0 Å². The van der Waals surface area contributed by atoms with Crippen molar-refractivity contribution >= 4 is 6.16 Å². The number of carbonyl (C=O) groups excluding carboxylic acids is 1. The van der Waals surface area contributed by atoms with Crippen molar-refractivity contribution < 1.29 is 52.2 Å². The molecule has 1 saturated carbocycles. The number of halogens is 3. The zero-order valence-corrected chi connectivity index (χ0v) is 21.6. The molecule has 1 aromatic heterocycles. The van der Waals surface area contributed by atoms with E-state index in [0.717, 1.165) is 36.6 Å². The average molecular weight is 559 g/mol. The van der Waals surface area contributed by atoms with E-state index in [1.807, 2.05) is 19.1 Å². The molecular weight excluding hydrogens is 525 g/mol. The van der Waals surface area contributed by atoms with Crippen molar-refractivity contribution in [3.63, 3.8) is 0 Å². The van der Waals surface area contributed by atoms with Crippen molar-refractivity contribution in [1.82, 2.24) is 9.78 Å². The normalized spacial score (nSPS) is 26.0. The summed E-state index contributed by atoms with van der Waals surface area (Å²) in [5.41, 5.74) is 0.440. The van der Waals surface area contributed by atoms with Crippen molar-refractivity contribution in [1.29, 1.82) is 0 Å². The summed E-state index contributed by atoms with van der Waals surface area (Å²) in [7, 11) is 1.07. The predicted octanol–water partition coefficient (Wildman–Crippen LogP) is 3.14.